The highest BCUT2D eigenvalue weighted by atomic mass is 32.2. The maximum atomic E-state index is 12.0. The maximum Gasteiger partial charge on any atom is 0.337 e. The van der Waals surface area contributed by atoms with Crippen LogP contribution in [0, 0.1) is 0 Å². The second-order valence-corrected chi connectivity index (χ2v) is 7.42. The number of hydrogen-bond acceptors (Lipinski definition) is 5. The minimum Gasteiger partial charge on any atom is -0.465 e. The van der Waals surface area contributed by atoms with E-state index in [4.69, 9.17) is 0 Å². The largest absolute Gasteiger partial charge is 0.465 e. The topological polar surface area (TPSA) is 102 Å². The van der Waals surface area contributed by atoms with Crippen LogP contribution in [-0.4, -0.2) is 39.7 Å². The van der Waals surface area contributed by atoms with E-state index >= 15 is 0 Å². The fourth-order valence-electron chi connectivity index (χ4n) is 2.16. The van der Waals surface area contributed by atoms with E-state index in [1.54, 1.807) is 0 Å². The van der Waals surface area contributed by atoms with E-state index in [-0.39, 0.29) is 12.3 Å². The Labute approximate surface area is 152 Å². The lowest BCUT2D eigenvalue weighted by Crippen LogP contribution is -2.34. The first-order valence-electron chi connectivity index (χ1n) is 7.89. The predicted molar refractivity (Wildman–Crippen MR) is 98.3 cm³/mol. The van der Waals surface area contributed by atoms with Crippen LogP contribution in [0.1, 0.15) is 15.9 Å². The van der Waals surface area contributed by atoms with Crippen molar-refractivity contribution in [2.45, 2.75) is 6.42 Å². The lowest BCUT2D eigenvalue weighted by Gasteiger charge is -2.08. The first kappa shape index (κ1) is 19.6. The molecule has 0 saturated carbocycles. The Morgan fingerprint density at radius 1 is 1.00 bits per heavy atom. The fraction of sp³-hybridized carbons (Fsp3) is 0.222. The summed E-state index contributed by atoms with van der Waals surface area (Å²) in [5, 5.41) is 2.55. The Morgan fingerprint density at radius 2 is 1.65 bits per heavy atom. The van der Waals surface area contributed by atoms with Crippen LogP contribution in [0.5, 0.6) is 0 Å². The highest BCUT2D eigenvalue weighted by molar-refractivity contribution is 7.89. The molecule has 0 aliphatic heterocycles. The van der Waals surface area contributed by atoms with Crippen LogP contribution in [0.3, 0.4) is 0 Å². The number of methoxy groups -OCH3 is 1. The van der Waals surface area contributed by atoms with Crippen molar-refractivity contribution in [3.8, 4) is 0 Å². The first-order valence-corrected chi connectivity index (χ1v) is 9.54. The van der Waals surface area contributed by atoms with Crippen LogP contribution < -0.4 is 10.0 Å². The number of rotatable bonds is 8. The van der Waals surface area contributed by atoms with Crippen molar-refractivity contribution in [3.05, 3.63) is 65.7 Å². The molecule has 7 nitrogen and oxygen atoms in total. The summed E-state index contributed by atoms with van der Waals surface area (Å²) in [5.74, 6) is -1.08. The minimum atomic E-state index is -3.56. The second-order valence-electron chi connectivity index (χ2n) is 5.49. The van der Waals surface area contributed by atoms with Gasteiger partial charge < -0.3 is 10.1 Å². The second kappa shape index (κ2) is 9.12. The van der Waals surface area contributed by atoms with Crippen molar-refractivity contribution in [1.82, 2.24) is 4.72 Å². The lowest BCUT2D eigenvalue weighted by atomic mass is 10.2. The molecule has 0 heterocycles. The van der Waals surface area contributed by atoms with Gasteiger partial charge in [-0.25, -0.2) is 17.9 Å². The monoisotopic (exact) mass is 376 g/mol. The Bertz CT molecular complexity index is 849. The number of nitrogens with one attached hydrogen (secondary N) is 2. The van der Waals surface area contributed by atoms with Crippen molar-refractivity contribution < 1.29 is 22.7 Å². The number of sulfonamides is 1. The number of ether oxygens (including phenoxy) is 1. The molecular weight excluding hydrogens is 356 g/mol. The fourth-order valence-corrected chi connectivity index (χ4v) is 3.16. The van der Waals surface area contributed by atoms with Crippen LogP contribution in [0.15, 0.2) is 54.6 Å². The summed E-state index contributed by atoms with van der Waals surface area (Å²) >= 11 is 0. The average Bonchev–Trinajstić information content (AvgIpc) is 2.66. The van der Waals surface area contributed by atoms with Gasteiger partial charge in [0.25, 0.3) is 0 Å². The smallest absolute Gasteiger partial charge is 0.337 e. The standard InChI is InChI=1S/C18H20N2O5S/c1-25-18(22)15-7-9-16(10-8-15)20-17(21)13-19-26(23,24)12-11-14-5-3-2-4-6-14/h2-10,19H,11-13H2,1H3,(H,20,21). The molecule has 2 aromatic rings. The molecule has 0 radical (unpaired) electrons. The van der Waals surface area contributed by atoms with Gasteiger partial charge in [-0.1, -0.05) is 30.3 Å². The van der Waals surface area contributed by atoms with E-state index in [1.807, 2.05) is 30.3 Å². The molecule has 1 amide bonds. The molecule has 0 spiro atoms. The molecule has 8 heteroatoms. The van der Waals surface area contributed by atoms with Crippen molar-refractivity contribution in [2.75, 3.05) is 24.7 Å². The molecule has 0 saturated heterocycles. The summed E-state index contributed by atoms with van der Waals surface area (Å²) < 4.78 is 30.8. The number of carbonyl (C=O) groups excluding carboxylic acids is 2. The molecule has 0 bridgehead atoms. The third-order valence-electron chi connectivity index (χ3n) is 3.54. The van der Waals surface area contributed by atoms with Gasteiger partial charge in [-0.05, 0) is 36.2 Å². The Balaban J connectivity index is 1.81. The zero-order valence-electron chi connectivity index (χ0n) is 14.3. The Kier molecular flexibility index (Phi) is 6.88. The van der Waals surface area contributed by atoms with Crippen molar-refractivity contribution >= 4 is 27.6 Å². The molecule has 2 N–H and O–H groups in total. The zero-order chi connectivity index (χ0) is 19.0. The molecule has 0 aromatic heterocycles. The van der Waals surface area contributed by atoms with E-state index in [1.165, 1.54) is 31.4 Å². The third-order valence-corrected chi connectivity index (χ3v) is 4.87. The van der Waals surface area contributed by atoms with Crippen LogP contribution in [-0.2, 0) is 26.0 Å². The summed E-state index contributed by atoms with van der Waals surface area (Å²) in [5.41, 5.74) is 1.71. The van der Waals surface area contributed by atoms with E-state index in [0.29, 0.717) is 17.7 Å². The molecule has 0 fully saturated rings. The molecule has 2 rings (SSSR count). The molecule has 0 atom stereocenters. The molecule has 138 valence electrons. The molecular formula is C18H20N2O5S. The third kappa shape index (κ3) is 6.30. The maximum absolute atomic E-state index is 12.0. The highest BCUT2D eigenvalue weighted by Gasteiger charge is 2.13. The zero-order valence-corrected chi connectivity index (χ0v) is 15.1. The van der Waals surface area contributed by atoms with Crippen LogP contribution in [0.4, 0.5) is 5.69 Å². The molecule has 0 aliphatic rings. The number of anilines is 1. The summed E-state index contributed by atoms with van der Waals surface area (Å²) in [6, 6.07) is 15.3. The van der Waals surface area contributed by atoms with Crippen LogP contribution >= 0.6 is 0 Å². The van der Waals surface area contributed by atoms with Gasteiger partial charge in [-0.2, -0.15) is 0 Å². The minimum absolute atomic E-state index is 0.0991. The van der Waals surface area contributed by atoms with E-state index in [9.17, 15) is 18.0 Å². The quantitative estimate of drug-likeness (QED) is 0.681. The van der Waals surface area contributed by atoms with Crippen LogP contribution in [0.25, 0.3) is 0 Å². The van der Waals surface area contributed by atoms with Gasteiger partial charge in [0, 0.05) is 5.69 Å². The number of carbonyl (C=O) groups is 2. The summed E-state index contributed by atoms with van der Waals surface area (Å²) in [7, 11) is -2.28. The molecule has 0 aliphatic carbocycles. The number of aryl methyl sites for hydroxylation is 1. The average molecular weight is 376 g/mol. The summed E-state index contributed by atoms with van der Waals surface area (Å²) in [6.07, 6.45) is 0.368. The molecule has 26 heavy (non-hydrogen) atoms. The summed E-state index contributed by atoms with van der Waals surface area (Å²) in [4.78, 5) is 23.2. The first-order chi connectivity index (χ1) is 12.4. The number of esters is 1. The van der Waals surface area contributed by atoms with Gasteiger partial charge in [0.05, 0.1) is 25.0 Å². The van der Waals surface area contributed by atoms with Gasteiger partial charge >= 0.3 is 5.97 Å². The Hall–Kier alpha value is -2.71. The van der Waals surface area contributed by atoms with Gasteiger partial charge in [-0.3, -0.25) is 4.79 Å². The van der Waals surface area contributed by atoms with Crippen LogP contribution in [0.2, 0.25) is 0 Å². The van der Waals surface area contributed by atoms with Crippen molar-refractivity contribution in [3.63, 3.8) is 0 Å². The van der Waals surface area contributed by atoms with E-state index in [0.717, 1.165) is 5.56 Å². The van der Waals surface area contributed by atoms with Gasteiger partial charge in [0.1, 0.15) is 0 Å². The SMILES string of the molecule is COC(=O)c1ccc(NC(=O)CNS(=O)(=O)CCc2ccccc2)cc1. The van der Waals surface area contributed by atoms with Gasteiger partial charge in [-0.15, -0.1) is 0 Å². The van der Waals surface area contributed by atoms with E-state index < -0.39 is 21.9 Å². The number of hydrogen-bond donors (Lipinski definition) is 2. The molecule has 0 unspecified atom stereocenters. The number of benzene rings is 2. The van der Waals surface area contributed by atoms with Gasteiger partial charge in [0.15, 0.2) is 0 Å². The number of amides is 1. The van der Waals surface area contributed by atoms with Crippen molar-refractivity contribution in [1.29, 1.82) is 0 Å². The highest BCUT2D eigenvalue weighted by Crippen LogP contribution is 2.10. The van der Waals surface area contributed by atoms with Gasteiger partial charge in [0.2, 0.25) is 15.9 Å². The Morgan fingerprint density at radius 3 is 2.27 bits per heavy atom. The molecule has 2 aromatic carbocycles. The van der Waals surface area contributed by atoms with E-state index in [2.05, 4.69) is 14.8 Å². The normalized spacial score (nSPS) is 11.0. The predicted octanol–water partition coefficient (Wildman–Crippen LogP) is 1.57. The lowest BCUT2D eigenvalue weighted by molar-refractivity contribution is -0.115. The summed E-state index contributed by atoms with van der Waals surface area (Å²) in [6.45, 7) is -0.365. The van der Waals surface area contributed by atoms with Crippen molar-refractivity contribution in [2.24, 2.45) is 0 Å².